The van der Waals surface area contributed by atoms with Crippen molar-refractivity contribution in [2.75, 3.05) is 31.4 Å². The van der Waals surface area contributed by atoms with E-state index in [9.17, 15) is 4.39 Å². The monoisotopic (exact) mass is 274 g/mol. The summed E-state index contributed by atoms with van der Waals surface area (Å²) in [5, 5.41) is 3.27. The van der Waals surface area contributed by atoms with Gasteiger partial charge < -0.3 is 15.0 Å². The Morgan fingerprint density at radius 2 is 1.80 bits per heavy atom. The summed E-state index contributed by atoms with van der Waals surface area (Å²) in [4.78, 5) is 2.04. The third kappa shape index (κ3) is 3.41. The smallest absolute Gasteiger partial charge is 0.165 e. The van der Waals surface area contributed by atoms with E-state index in [2.05, 4.69) is 5.32 Å². The van der Waals surface area contributed by atoms with E-state index in [1.54, 1.807) is 6.07 Å². The lowest BCUT2D eigenvalue weighted by Crippen LogP contribution is -2.08. The molecule has 2 aromatic carbocycles. The standard InChI is InChI=1S/C16H19FN2O/c1-19(2)14-7-5-13(6-8-14)18-11-12-4-9-16(20-3)15(17)10-12/h4-10,18H,11H2,1-3H3. The molecule has 0 aromatic heterocycles. The zero-order valence-electron chi connectivity index (χ0n) is 12.0. The fourth-order valence-electron chi connectivity index (χ4n) is 1.90. The molecule has 0 heterocycles. The number of benzene rings is 2. The van der Waals surface area contributed by atoms with Crippen LogP contribution in [0.25, 0.3) is 0 Å². The first-order valence-electron chi connectivity index (χ1n) is 6.44. The predicted octanol–water partition coefficient (Wildman–Crippen LogP) is 3.51. The van der Waals surface area contributed by atoms with Gasteiger partial charge in [-0.3, -0.25) is 0 Å². The Labute approximate surface area is 119 Å². The molecule has 4 heteroatoms. The summed E-state index contributed by atoms with van der Waals surface area (Å²) in [6.07, 6.45) is 0. The van der Waals surface area contributed by atoms with E-state index in [1.165, 1.54) is 13.2 Å². The van der Waals surface area contributed by atoms with E-state index in [-0.39, 0.29) is 11.6 Å². The van der Waals surface area contributed by atoms with E-state index in [0.717, 1.165) is 16.9 Å². The van der Waals surface area contributed by atoms with Crippen molar-refractivity contribution in [2.45, 2.75) is 6.54 Å². The van der Waals surface area contributed by atoms with Crippen LogP contribution in [0.15, 0.2) is 42.5 Å². The van der Waals surface area contributed by atoms with Crippen molar-refractivity contribution in [1.29, 1.82) is 0 Å². The molecule has 20 heavy (non-hydrogen) atoms. The number of methoxy groups -OCH3 is 1. The van der Waals surface area contributed by atoms with Gasteiger partial charge in [0.15, 0.2) is 11.6 Å². The average molecular weight is 274 g/mol. The minimum atomic E-state index is -0.338. The lowest BCUT2D eigenvalue weighted by Gasteiger charge is -2.13. The maximum Gasteiger partial charge on any atom is 0.165 e. The van der Waals surface area contributed by atoms with Crippen LogP contribution < -0.4 is 15.0 Å². The van der Waals surface area contributed by atoms with Gasteiger partial charge in [0, 0.05) is 32.0 Å². The number of hydrogen-bond donors (Lipinski definition) is 1. The molecule has 0 saturated heterocycles. The predicted molar refractivity (Wildman–Crippen MR) is 81.0 cm³/mol. The molecular formula is C16H19FN2O. The van der Waals surface area contributed by atoms with Crippen LogP contribution in [0, 0.1) is 5.82 Å². The molecule has 0 aliphatic carbocycles. The second kappa shape index (κ2) is 6.28. The molecule has 0 amide bonds. The SMILES string of the molecule is COc1ccc(CNc2ccc(N(C)C)cc2)cc1F. The first-order valence-corrected chi connectivity index (χ1v) is 6.44. The molecule has 106 valence electrons. The molecule has 0 atom stereocenters. The molecule has 0 aliphatic heterocycles. The largest absolute Gasteiger partial charge is 0.494 e. The topological polar surface area (TPSA) is 24.5 Å². The number of rotatable bonds is 5. The van der Waals surface area contributed by atoms with Crippen LogP contribution in [0.1, 0.15) is 5.56 Å². The van der Waals surface area contributed by atoms with Crippen LogP contribution in [0.5, 0.6) is 5.75 Å². The third-order valence-electron chi connectivity index (χ3n) is 3.10. The van der Waals surface area contributed by atoms with E-state index < -0.39 is 0 Å². The molecular weight excluding hydrogens is 255 g/mol. The van der Waals surface area contributed by atoms with Crippen LogP contribution in [-0.2, 0) is 6.54 Å². The lowest BCUT2D eigenvalue weighted by atomic mass is 10.2. The van der Waals surface area contributed by atoms with Gasteiger partial charge in [-0.1, -0.05) is 6.07 Å². The van der Waals surface area contributed by atoms with Gasteiger partial charge in [0.2, 0.25) is 0 Å². The first kappa shape index (κ1) is 14.2. The molecule has 0 bridgehead atoms. The van der Waals surface area contributed by atoms with E-state index in [1.807, 2.05) is 49.3 Å². The molecule has 0 saturated carbocycles. The van der Waals surface area contributed by atoms with Crippen LogP contribution in [-0.4, -0.2) is 21.2 Å². The van der Waals surface area contributed by atoms with Gasteiger partial charge in [0.25, 0.3) is 0 Å². The Bertz CT molecular complexity index is 567. The molecule has 3 nitrogen and oxygen atoms in total. The zero-order chi connectivity index (χ0) is 14.5. The van der Waals surface area contributed by atoms with Gasteiger partial charge in [-0.15, -0.1) is 0 Å². The van der Waals surface area contributed by atoms with Crippen molar-refractivity contribution in [1.82, 2.24) is 0 Å². The summed E-state index contributed by atoms with van der Waals surface area (Å²) in [5.41, 5.74) is 3.03. The fourth-order valence-corrected chi connectivity index (χ4v) is 1.90. The van der Waals surface area contributed by atoms with Crippen molar-refractivity contribution in [3.05, 3.63) is 53.8 Å². The number of ether oxygens (including phenoxy) is 1. The summed E-state index contributed by atoms with van der Waals surface area (Å²) < 4.78 is 18.5. The second-order valence-electron chi connectivity index (χ2n) is 4.76. The highest BCUT2D eigenvalue weighted by molar-refractivity contribution is 5.54. The molecule has 0 radical (unpaired) electrons. The summed E-state index contributed by atoms with van der Waals surface area (Å²) in [5.74, 6) is -0.0705. The van der Waals surface area contributed by atoms with Gasteiger partial charge in [-0.2, -0.15) is 0 Å². The number of halogens is 1. The molecule has 0 spiro atoms. The molecule has 1 N–H and O–H groups in total. The first-order chi connectivity index (χ1) is 9.60. The second-order valence-corrected chi connectivity index (χ2v) is 4.76. The highest BCUT2D eigenvalue weighted by Gasteiger charge is 2.03. The Morgan fingerprint density at radius 3 is 2.35 bits per heavy atom. The van der Waals surface area contributed by atoms with Crippen molar-refractivity contribution in [3.63, 3.8) is 0 Å². The van der Waals surface area contributed by atoms with Crippen LogP contribution in [0.2, 0.25) is 0 Å². The molecule has 0 fully saturated rings. The van der Waals surface area contributed by atoms with Gasteiger partial charge >= 0.3 is 0 Å². The average Bonchev–Trinajstić information content (AvgIpc) is 2.45. The summed E-state index contributed by atoms with van der Waals surface area (Å²) >= 11 is 0. The third-order valence-corrected chi connectivity index (χ3v) is 3.10. The van der Waals surface area contributed by atoms with Crippen molar-refractivity contribution >= 4 is 11.4 Å². The van der Waals surface area contributed by atoms with Gasteiger partial charge in [-0.25, -0.2) is 4.39 Å². The van der Waals surface area contributed by atoms with Crippen molar-refractivity contribution < 1.29 is 9.13 Å². The highest BCUT2D eigenvalue weighted by atomic mass is 19.1. The Balaban J connectivity index is 1.99. The highest BCUT2D eigenvalue weighted by Crippen LogP contribution is 2.19. The quantitative estimate of drug-likeness (QED) is 0.903. The van der Waals surface area contributed by atoms with Crippen molar-refractivity contribution in [2.24, 2.45) is 0 Å². The normalized spacial score (nSPS) is 10.2. The molecule has 2 aromatic rings. The Morgan fingerprint density at radius 1 is 1.10 bits per heavy atom. The summed E-state index contributed by atoms with van der Waals surface area (Å²) in [6, 6.07) is 13.1. The van der Waals surface area contributed by atoms with Crippen LogP contribution in [0.4, 0.5) is 15.8 Å². The van der Waals surface area contributed by atoms with Gasteiger partial charge in [0.1, 0.15) is 0 Å². The minimum Gasteiger partial charge on any atom is -0.494 e. The fraction of sp³-hybridized carbons (Fsp3) is 0.250. The van der Waals surface area contributed by atoms with E-state index in [4.69, 9.17) is 4.74 Å². The van der Waals surface area contributed by atoms with E-state index >= 15 is 0 Å². The molecule has 0 aliphatic rings. The summed E-state index contributed by atoms with van der Waals surface area (Å²) in [6.45, 7) is 0.572. The van der Waals surface area contributed by atoms with Gasteiger partial charge in [-0.05, 0) is 42.0 Å². The van der Waals surface area contributed by atoms with Crippen LogP contribution >= 0.6 is 0 Å². The summed E-state index contributed by atoms with van der Waals surface area (Å²) in [7, 11) is 5.47. The molecule has 2 rings (SSSR count). The molecule has 0 unspecified atom stereocenters. The van der Waals surface area contributed by atoms with Gasteiger partial charge in [0.05, 0.1) is 7.11 Å². The number of nitrogens with zero attached hydrogens (tertiary/aromatic N) is 1. The van der Waals surface area contributed by atoms with Crippen molar-refractivity contribution in [3.8, 4) is 5.75 Å². The Kier molecular flexibility index (Phi) is 4.45. The number of anilines is 2. The number of hydrogen-bond acceptors (Lipinski definition) is 3. The maximum atomic E-state index is 13.6. The van der Waals surface area contributed by atoms with Crippen LogP contribution in [0.3, 0.4) is 0 Å². The maximum absolute atomic E-state index is 13.6. The Hall–Kier alpha value is -2.23. The minimum absolute atomic E-state index is 0.268. The zero-order valence-corrected chi connectivity index (χ0v) is 12.0. The number of nitrogens with one attached hydrogen (secondary N) is 1. The lowest BCUT2D eigenvalue weighted by molar-refractivity contribution is 0.386. The van der Waals surface area contributed by atoms with E-state index in [0.29, 0.717) is 6.54 Å².